The number of rotatable bonds is 13. The van der Waals surface area contributed by atoms with Crippen molar-refractivity contribution >= 4 is 18.7 Å². The molecule has 2 nitrogen and oxygen atoms in total. The molecule has 0 aromatic heterocycles. The van der Waals surface area contributed by atoms with Crippen LogP contribution in [0.25, 0.3) is 0 Å². The maximum atomic E-state index is 11.3. The molecular formula is C33H52O2Si. The fourth-order valence-electron chi connectivity index (χ4n) is 5.93. The predicted octanol–water partition coefficient (Wildman–Crippen LogP) is 7.75. The van der Waals surface area contributed by atoms with E-state index in [1.165, 1.54) is 29.6 Å². The van der Waals surface area contributed by atoms with Gasteiger partial charge in [-0.2, -0.15) is 0 Å². The summed E-state index contributed by atoms with van der Waals surface area (Å²) in [4.78, 5) is 0. The lowest BCUT2D eigenvalue weighted by Gasteiger charge is -2.43. The fraction of sp³-hybridized carbons (Fsp3) is 0.576. The Morgan fingerprint density at radius 1 is 0.833 bits per heavy atom. The molecule has 0 aliphatic rings. The third-order valence-electron chi connectivity index (χ3n) is 7.94. The van der Waals surface area contributed by atoms with Gasteiger partial charge in [0, 0.05) is 0 Å². The van der Waals surface area contributed by atoms with E-state index in [0.717, 1.165) is 23.5 Å². The Kier molecular flexibility index (Phi) is 11.7. The fourth-order valence-corrected chi connectivity index (χ4v) is 10.5. The van der Waals surface area contributed by atoms with Crippen LogP contribution in [0.4, 0.5) is 0 Å². The molecule has 0 spiro atoms. The SMILES string of the molecule is CCC[C@H](C)C[C@H](C)C[C@H](C)[C@H](O)/C(C)=C(/C)CO[Si](c1ccccc1)(c1ccccc1)C(C)(C)C. The Hall–Kier alpha value is -1.68. The first-order valence-corrected chi connectivity index (χ1v) is 15.9. The highest BCUT2D eigenvalue weighted by molar-refractivity contribution is 6.99. The quantitative estimate of drug-likeness (QED) is 0.221. The van der Waals surface area contributed by atoms with Gasteiger partial charge >= 0.3 is 0 Å². The Balaban J connectivity index is 2.28. The number of aliphatic hydroxyl groups is 1. The third-order valence-corrected chi connectivity index (χ3v) is 12.9. The predicted molar refractivity (Wildman–Crippen MR) is 160 cm³/mol. The van der Waals surface area contributed by atoms with Gasteiger partial charge in [0.1, 0.15) is 0 Å². The standard InChI is InChI=1S/C33H52O2Si/c1-10-17-25(2)22-26(3)23-27(4)32(34)29(6)28(5)24-35-36(33(7,8)9,30-18-13-11-14-19-30)31-20-15-12-16-21-31/h11-16,18-21,25-27,32,34H,10,17,22-24H2,1-9H3/b29-28-/t25-,26-,27-,32-/m0/s1. The van der Waals surface area contributed by atoms with E-state index >= 15 is 0 Å². The molecule has 0 saturated carbocycles. The van der Waals surface area contributed by atoms with Gasteiger partial charge in [-0.15, -0.1) is 0 Å². The zero-order valence-corrected chi connectivity index (χ0v) is 25.5. The molecule has 0 amide bonds. The van der Waals surface area contributed by atoms with Crippen LogP contribution in [0.5, 0.6) is 0 Å². The molecule has 36 heavy (non-hydrogen) atoms. The van der Waals surface area contributed by atoms with Crippen molar-refractivity contribution in [3.8, 4) is 0 Å². The first-order chi connectivity index (χ1) is 16.9. The van der Waals surface area contributed by atoms with Crippen LogP contribution >= 0.6 is 0 Å². The summed E-state index contributed by atoms with van der Waals surface area (Å²) < 4.78 is 7.11. The van der Waals surface area contributed by atoms with E-state index < -0.39 is 14.4 Å². The third kappa shape index (κ3) is 7.66. The van der Waals surface area contributed by atoms with E-state index in [-0.39, 0.29) is 11.0 Å². The van der Waals surface area contributed by atoms with Gasteiger partial charge in [0.25, 0.3) is 8.32 Å². The van der Waals surface area contributed by atoms with Gasteiger partial charge in [-0.1, -0.05) is 122 Å². The molecule has 0 fully saturated rings. The van der Waals surface area contributed by atoms with E-state index in [1.807, 2.05) is 0 Å². The van der Waals surface area contributed by atoms with E-state index in [2.05, 4.69) is 123 Å². The highest BCUT2D eigenvalue weighted by atomic mass is 28.4. The minimum Gasteiger partial charge on any atom is -0.403 e. The first kappa shape index (κ1) is 30.5. The van der Waals surface area contributed by atoms with Crippen LogP contribution in [-0.4, -0.2) is 26.1 Å². The molecule has 0 saturated heterocycles. The minimum absolute atomic E-state index is 0.0551. The molecule has 4 atom stereocenters. The van der Waals surface area contributed by atoms with Crippen LogP contribution < -0.4 is 10.4 Å². The average molecular weight is 509 g/mol. The summed E-state index contributed by atoms with van der Waals surface area (Å²) in [7, 11) is -2.59. The second kappa shape index (κ2) is 13.7. The van der Waals surface area contributed by atoms with E-state index in [0.29, 0.717) is 12.5 Å². The zero-order chi connectivity index (χ0) is 26.9. The number of aliphatic hydroxyl groups excluding tert-OH is 1. The van der Waals surface area contributed by atoms with Crippen LogP contribution in [0.15, 0.2) is 71.8 Å². The molecule has 2 aromatic rings. The number of benzene rings is 2. The molecular weight excluding hydrogens is 456 g/mol. The maximum absolute atomic E-state index is 11.3. The lowest BCUT2D eigenvalue weighted by Crippen LogP contribution is -2.66. The Morgan fingerprint density at radius 2 is 1.33 bits per heavy atom. The molecule has 0 heterocycles. The van der Waals surface area contributed by atoms with Gasteiger partial charge in [-0.05, 0) is 71.0 Å². The van der Waals surface area contributed by atoms with Crippen molar-refractivity contribution in [3.05, 3.63) is 71.8 Å². The van der Waals surface area contributed by atoms with Crippen LogP contribution in [-0.2, 0) is 4.43 Å². The van der Waals surface area contributed by atoms with Crippen LogP contribution in [0.3, 0.4) is 0 Å². The normalized spacial score (nSPS) is 16.7. The second-order valence-corrected chi connectivity index (χ2v) is 16.6. The maximum Gasteiger partial charge on any atom is 0.261 e. The molecule has 0 unspecified atom stereocenters. The minimum atomic E-state index is -2.59. The highest BCUT2D eigenvalue weighted by Gasteiger charge is 2.50. The van der Waals surface area contributed by atoms with Crippen molar-refractivity contribution in [2.75, 3.05) is 6.61 Å². The Morgan fingerprint density at radius 3 is 1.78 bits per heavy atom. The van der Waals surface area contributed by atoms with Crippen LogP contribution in [0, 0.1) is 17.8 Å². The van der Waals surface area contributed by atoms with Crippen molar-refractivity contribution in [2.45, 2.75) is 99.1 Å². The van der Waals surface area contributed by atoms with Crippen LogP contribution in [0.2, 0.25) is 5.04 Å². The number of hydrogen-bond donors (Lipinski definition) is 1. The zero-order valence-electron chi connectivity index (χ0n) is 24.5. The van der Waals surface area contributed by atoms with Gasteiger partial charge in [0.05, 0.1) is 12.7 Å². The van der Waals surface area contributed by atoms with E-state index in [4.69, 9.17) is 4.43 Å². The van der Waals surface area contributed by atoms with Crippen molar-refractivity contribution in [1.82, 2.24) is 0 Å². The smallest absolute Gasteiger partial charge is 0.261 e. The van der Waals surface area contributed by atoms with Gasteiger partial charge < -0.3 is 9.53 Å². The van der Waals surface area contributed by atoms with Crippen molar-refractivity contribution in [1.29, 1.82) is 0 Å². The van der Waals surface area contributed by atoms with Crippen molar-refractivity contribution in [3.63, 3.8) is 0 Å². The highest BCUT2D eigenvalue weighted by Crippen LogP contribution is 2.37. The van der Waals surface area contributed by atoms with Gasteiger partial charge in [0.15, 0.2) is 0 Å². The summed E-state index contributed by atoms with van der Waals surface area (Å²) in [5.41, 5.74) is 2.21. The number of hydrogen-bond acceptors (Lipinski definition) is 2. The molecule has 2 rings (SSSR count). The molecule has 1 N–H and O–H groups in total. The molecule has 0 bridgehead atoms. The first-order valence-electron chi connectivity index (χ1n) is 14.0. The Labute approximate surface area is 223 Å². The largest absolute Gasteiger partial charge is 0.403 e. The summed E-state index contributed by atoms with van der Waals surface area (Å²) in [5.74, 6) is 1.61. The van der Waals surface area contributed by atoms with Gasteiger partial charge in [-0.25, -0.2) is 0 Å². The molecule has 0 aliphatic carbocycles. The summed E-state index contributed by atoms with van der Waals surface area (Å²) in [6.45, 7) is 20.9. The summed E-state index contributed by atoms with van der Waals surface area (Å²) in [6, 6.07) is 21.6. The second-order valence-electron chi connectivity index (χ2n) is 12.3. The van der Waals surface area contributed by atoms with Crippen molar-refractivity contribution < 1.29 is 9.53 Å². The van der Waals surface area contributed by atoms with E-state index in [1.54, 1.807) is 0 Å². The van der Waals surface area contributed by atoms with Crippen molar-refractivity contribution in [2.24, 2.45) is 17.8 Å². The summed E-state index contributed by atoms with van der Waals surface area (Å²) in [5, 5.41) is 13.8. The lowest BCUT2D eigenvalue weighted by atomic mass is 9.84. The lowest BCUT2D eigenvalue weighted by molar-refractivity contribution is 0.129. The average Bonchev–Trinajstić information content (AvgIpc) is 2.83. The Bertz CT molecular complexity index is 890. The summed E-state index contributed by atoms with van der Waals surface area (Å²) >= 11 is 0. The molecule has 200 valence electrons. The molecule has 2 aromatic carbocycles. The van der Waals surface area contributed by atoms with Crippen LogP contribution in [0.1, 0.15) is 88.0 Å². The van der Waals surface area contributed by atoms with Gasteiger partial charge in [-0.3, -0.25) is 0 Å². The summed E-state index contributed by atoms with van der Waals surface area (Å²) in [6.07, 6.45) is 4.40. The molecule has 0 radical (unpaired) electrons. The van der Waals surface area contributed by atoms with Gasteiger partial charge in [0.2, 0.25) is 0 Å². The van der Waals surface area contributed by atoms with E-state index in [9.17, 15) is 5.11 Å². The monoisotopic (exact) mass is 508 g/mol. The topological polar surface area (TPSA) is 29.5 Å². The molecule has 0 aliphatic heterocycles. The molecule has 3 heteroatoms.